The van der Waals surface area contributed by atoms with Gasteiger partial charge < -0.3 is 14.6 Å². The number of hydrogen-bond donors (Lipinski definition) is 3. The van der Waals surface area contributed by atoms with Crippen molar-refractivity contribution >= 4 is 42.1 Å². The number of thiol groups is 2. The summed E-state index contributed by atoms with van der Waals surface area (Å²) in [5, 5.41) is 0.786. The van der Waals surface area contributed by atoms with Crippen molar-refractivity contribution in [2.45, 2.75) is 60.8 Å². The number of H-pyrrole nitrogens is 1. The third-order valence-electron chi connectivity index (χ3n) is 5.25. The minimum Gasteiger partial charge on any atom is -0.494 e. The molecule has 1 fully saturated rings. The van der Waals surface area contributed by atoms with Gasteiger partial charge in [-0.05, 0) is 37.5 Å². The molecule has 7 heteroatoms. The van der Waals surface area contributed by atoms with Gasteiger partial charge in [0.05, 0.1) is 11.5 Å². The molecule has 0 aliphatic heterocycles. The van der Waals surface area contributed by atoms with Crippen molar-refractivity contribution in [1.82, 2.24) is 9.88 Å². The highest BCUT2D eigenvalue weighted by Gasteiger charge is 2.21. The van der Waals surface area contributed by atoms with E-state index in [-0.39, 0.29) is 11.5 Å². The molecule has 0 unspecified atom stereocenters. The zero-order chi connectivity index (χ0) is 19.4. The number of nitrogens with zero attached hydrogens (tertiary/aromatic N) is 1. The van der Waals surface area contributed by atoms with E-state index in [2.05, 4.69) is 30.2 Å². The molecule has 27 heavy (non-hydrogen) atoms. The summed E-state index contributed by atoms with van der Waals surface area (Å²) in [6, 6.07) is 5.84. The van der Waals surface area contributed by atoms with Crippen LogP contribution in [0.25, 0.3) is 10.9 Å². The molecule has 0 spiro atoms. The zero-order valence-corrected chi connectivity index (χ0v) is 17.3. The fraction of sp³-hybridized carbons (Fsp3) is 0.500. The molecule has 1 heterocycles. The highest BCUT2D eigenvalue weighted by molar-refractivity contribution is 7.83. The number of rotatable bonds is 6. The van der Waals surface area contributed by atoms with Crippen LogP contribution in [0.5, 0.6) is 5.75 Å². The van der Waals surface area contributed by atoms with Gasteiger partial charge in [0.2, 0.25) is 5.91 Å². The number of carbonyl (C=O) groups is 1. The number of aromatic amines is 1. The Kier molecular flexibility index (Phi) is 6.76. The number of ether oxygens (including phenoxy) is 1. The third-order valence-corrected chi connectivity index (χ3v) is 6.32. The van der Waals surface area contributed by atoms with Crippen LogP contribution in [0, 0.1) is 0 Å². The van der Waals surface area contributed by atoms with Crippen LogP contribution in [0.4, 0.5) is 0 Å². The summed E-state index contributed by atoms with van der Waals surface area (Å²) >= 11 is 8.58. The van der Waals surface area contributed by atoms with E-state index in [4.69, 9.17) is 4.74 Å². The van der Waals surface area contributed by atoms with Crippen LogP contribution in [0.2, 0.25) is 0 Å². The van der Waals surface area contributed by atoms with Gasteiger partial charge in [0.1, 0.15) is 5.75 Å². The van der Waals surface area contributed by atoms with Crippen molar-refractivity contribution in [2.75, 3.05) is 13.7 Å². The van der Waals surface area contributed by atoms with Crippen LogP contribution in [-0.4, -0.2) is 35.5 Å². The standard InChI is InChI=1S/C20H26N2O3S2/c1-22(13-6-3-2-4-7-13)17(23)8-5-11-25-14-9-10-16-15(12-14)18(26)19(27)20(24)21-16/h9-10,12-13,27H,2-8,11H2,1H3,(H2,21,24,26). The van der Waals surface area contributed by atoms with Crippen molar-refractivity contribution in [3.63, 3.8) is 0 Å². The van der Waals surface area contributed by atoms with Crippen LogP contribution in [0.3, 0.4) is 0 Å². The van der Waals surface area contributed by atoms with Crippen LogP contribution in [-0.2, 0) is 4.79 Å². The van der Waals surface area contributed by atoms with E-state index in [1.807, 2.05) is 18.0 Å². The lowest BCUT2D eigenvalue weighted by Crippen LogP contribution is -2.38. The van der Waals surface area contributed by atoms with Gasteiger partial charge in [0.15, 0.2) is 0 Å². The van der Waals surface area contributed by atoms with Gasteiger partial charge in [0.25, 0.3) is 5.56 Å². The topological polar surface area (TPSA) is 62.4 Å². The number of nitrogens with one attached hydrogen (secondary N) is 1. The third kappa shape index (κ3) is 4.82. The summed E-state index contributed by atoms with van der Waals surface area (Å²) in [4.78, 5) is 29.6. The Labute approximate surface area is 170 Å². The van der Waals surface area contributed by atoms with Crippen molar-refractivity contribution < 1.29 is 9.53 Å². The van der Waals surface area contributed by atoms with Crippen molar-refractivity contribution in [3.8, 4) is 5.75 Å². The Bertz CT molecular complexity index is 875. The van der Waals surface area contributed by atoms with Crippen molar-refractivity contribution in [3.05, 3.63) is 28.6 Å². The molecule has 1 N–H and O–H groups in total. The van der Waals surface area contributed by atoms with Gasteiger partial charge in [-0.15, -0.1) is 25.3 Å². The molecule has 0 atom stereocenters. The number of benzene rings is 1. The molecule has 1 aromatic carbocycles. The number of fused-ring (bicyclic) bond motifs is 1. The highest BCUT2D eigenvalue weighted by atomic mass is 32.1. The second-order valence-electron chi connectivity index (χ2n) is 7.11. The molecule has 0 saturated heterocycles. The summed E-state index contributed by atoms with van der Waals surface area (Å²) in [6.45, 7) is 0.467. The maximum absolute atomic E-state index is 12.4. The molecule has 1 saturated carbocycles. The predicted molar refractivity (Wildman–Crippen MR) is 113 cm³/mol. The lowest BCUT2D eigenvalue weighted by atomic mass is 9.94. The fourth-order valence-electron chi connectivity index (χ4n) is 3.60. The second-order valence-corrected chi connectivity index (χ2v) is 8.00. The average molecular weight is 407 g/mol. The van der Waals surface area contributed by atoms with Gasteiger partial charge in [-0.1, -0.05) is 19.3 Å². The Hall–Kier alpha value is -1.60. The lowest BCUT2D eigenvalue weighted by molar-refractivity contribution is -0.132. The average Bonchev–Trinajstić information content (AvgIpc) is 2.69. The van der Waals surface area contributed by atoms with E-state index in [0.717, 1.165) is 18.2 Å². The molecule has 1 aromatic heterocycles. The zero-order valence-electron chi connectivity index (χ0n) is 15.5. The summed E-state index contributed by atoms with van der Waals surface area (Å²) in [5.41, 5.74) is 0.435. The number of hydrogen-bond acceptors (Lipinski definition) is 5. The molecule has 5 nitrogen and oxygen atoms in total. The molecular weight excluding hydrogens is 380 g/mol. The van der Waals surface area contributed by atoms with Gasteiger partial charge in [0, 0.05) is 35.3 Å². The maximum atomic E-state index is 12.4. The summed E-state index contributed by atoms with van der Waals surface area (Å²) < 4.78 is 5.79. The summed E-state index contributed by atoms with van der Waals surface area (Å²) in [7, 11) is 1.92. The predicted octanol–water partition coefficient (Wildman–Crippen LogP) is 4.06. The van der Waals surface area contributed by atoms with Gasteiger partial charge >= 0.3 is 0 Å². The Morgan fingerprint density at radius 2 is 1.96 bits per heavy atom. The monoisotopic (exact) mass is 406 g/mol. The van der Waals surface area contributed by atoms with E-state index in [1.165, 1.54) is 19.3 Å². The first-order valence-corrected chi connectivity index (χ1v) is 10.3. The fourth-order valence-corrected chi connectivity index (χ4v) is 4.06. The Balaban J connectivity index is 1.53. The van der Waals surface area contributed by atoms with E-state index in [1.54, 1.807) is 12.1 Å². The smallest absolute Gasteiger partial charge is 0.262 e. The number of aromatic nitrogens is 1. The minimum absolute atomic E-state index is 0.193. The first kappa shape index (κ1) is 20.1. The first-order chi connectivity index (χ1) is 13.0. The largest absolute Gasteiger partial charge is 0.494 e. The van der Waals surface area contributed by atoms with E-state index in [0.29, 0.717) is 46.5 Å². The maximum Gasteiger partial charge on any atom is 0.262 e. The molecule has 1 aliphatic carbocycles. The van der Waals surface area contributed by atoms with Gasteiger partial charge in [-0.2, -0.15) is 0 Å². The van der Waals surface area contributed by atoms with Crippen LogP contribution in [0.1, 0.15) is 44.9 Å². The Morgan fingerprint density at radius 1 is 1.22 bits per heavy atom. The molecule has 0 radical (unpaired) electrons. The minimum atomic E-state index is -0.259. The molecule has 1 amide bonds. The number of amides is 1. The normalized spacial score (nSPS) is 15.1. The SMILES string of the molecule is CN(C(=O)CCCOc1ccc2[nH]c(=O)c(S)c(S)c2c1)C1CCCCC1. The molecule has 0 bridgehead atoms. The number of pyridine rings is 1. The van der Waals surface area contributed by atoms with Crippen LogP contribution < -0.4 is 10.3 Å². The summed E-state index contributed by atoms with van der Waals surface area (Å²) in [6.07, 6.45) is 7.14. The van der Waals surface area contributed by atoms with E-state index >= 15 is 0 Å². The van der Waals surface area contributed by atoms with Gasteiger partial charge in [-0.3, -0.25) is 9.59 Å². The Morgan fingerprint density at radius 3 is 2.70 bits per heavy atom. The molecule has 1 aliphatic rings. The van der Waals surface area contributed by atoms with E-state index < -0.39 is 0 Å². The molecule has 146 valence electrons. The molecular formula is C20H26N2O3S2. The molecule has 3 rings (SSSR count). The van der Waals surface area contributed by atoms with E-state index in [9.17, 15) is 9.59 Å². The van der Waals surface area contributed by atoms with Gasteiger partial charge in [-0.25, -0.2) is 0 Å². The lowest BCUT2D eigenvalue weighted by Gasteiger charge is -2.31. The quantitative estimate of drug-likeness (QED) is 0.501. The van der Waals surface area contributed by atoms with Crippen molar-refractivity contribution in [1.29, 1.82) is 0 Å². The number of carbonyl (C=O) groups excluding carboxylic acids is 1. The first-order valence-electron chi connectivity index (χ1n) is 9.44. The second kappa shape index (κ2) is 9.06. The molecule has 2 aromatic rings. The van der Waals surface area contributed by atoms with Crippen molar-refractivity contribution in [2.24, 2.45) is 0 Å². The highest BCUT2D eigenvalue weighted by Crippen LogP contribution is 2.27. The van der Waals surface area contributed by atoms with Crippen LogP contribution >= 0.6 is 25.3 Å². The van der Waals surface area contributed by atoms with Crippen LogP contribution in [0.15, 0.2) is 32.8 Å². The summed E-state index contributed by atoms with van der Waals surface area (Å²) in [5.74, 6) is 0.879.